The average Bonchev–Trinajstić information content (AvgIpc) is 3.25. The van der Waals surface area contributed by atoms with Gasteiger partial charge in [-0.15, -0.1) is 0 Å². The van der Waals surface area contributed by atoms with Crippen LogP contribution in [0.15, 0.2) is 89.9 Å². The molecule has 8 heteroatoms. The van der Waals surface area contributed by atoms with Gasteiger partial charge in [0, 0.05) is 54.7 Å². The number of nitrogens with zero attached hydrogens (tertiary/aromatic N) is 5. The van der Waals surface area contributed by atoms with Crippen LogP contribution in [-0.4, -0.2) is 51.3 Å². The van der Waals surface area contributed by atoms with Gasteiger partial charge in [-0.25, -0.2) is 9.07 Å². The quantitative estimate of drug-likeness (QED) is 0.371. The average molecular weight is 496 g/mol. The highest BCUT2D eigenvalue weighted by Gasteiger charge is 2.23. The van der Waals surface area contributed by atoms with E-state index in [9.17, 15) is 14.0 Å². The van der Waals surface area contributed by atoms with Crippen LogP contribution in [0.1, 0.15) is 5.56 Å². The van der Waals surface area contributed by atoms with Gasteiger partial charge >= 0.3 is 0 Å². The maximum atomic E-state index is 13.7. The van der Waals surface area contributed by atoms with Crippen LogP contribution in [-0.2, 0) is 17.9 Å². The number of fused-ring (bicyclic) bond motifs is 3. The first-order valence-electron chi connectivity index (χ1n) is 12.4. The predicted octanol–water partition coefficient (Wildman–Crippen LogP) is 3.89. The maximum Gasteiger partial charge on any atom is 0.291 e. The van der Waals surface area contributed by atoms with E-state index in [1.807, 2.05) is 59.2 Å². The minimum absolute atomic E-state index is 0.113. The second kappa shape index (κ2) is 9.54. The van der Waals surface area contributed by atoms with Gasteiger partial charge in [-0.05, 0) is 35.9 Å². The van der Waals surface area contributed by atoms with Gasteiger partial charge in [0.25, 0.3) is 5.56 Å². The highest BCUT2D eigenvalue weighted by molar-refractivity contribution is 6.07. The van der Waals surface area contributed by atoms with Gasteiger partial charge in [0.1, 0.15) is 17.9 Å². The molecule has 0 saturated carbocycles. The summed E-state index contributed by atoms with van der Waals surface area (Å²) in [5, 5.41) is 6.13. The van der Waals surface area contributed by atoms with Crippen molar-refractivity contribution in [1.82, 2.24) is 19.2 Å². The Labute approximate surface area is 213 Å². The normalized spacial score (nSPS) is 14.0. The molecule has 0 atom stereocenters. The Bertz CT molecular complexity index is 1630. The zero-order valence-electron chi connectivity index (χ0n) is 20.3. The molecule has 1 amide bonds. The van der Waals surface area contributed by atoms with Gasteiger partial charge in [0.05, 0.1) is 6.20 Å². The van der Waals surface area contributed by atoms with Crippen molar-refractivity contribution < 1.29 is 9.18 Å². The van der Waals surface area contributed by atoms with E-state index in [1.165, 1.54) is 16.8 Å². The van der Waals surface area contributed by atoms with Crippen LogP contribution in [0.3, 0.4) is 0 Å². The SMILES string of the molecule is O=C(Cn1ncc2c3ccccc3n(Cc3ccccc3)c2c1=O)N1CCN(c2ccc(F)cc2)CC1. The highest BCUT2D eigenvalue weighted by atomic mass is 19.1. The zero-order valence-corrected chi connectivity index (χ0v) is 20.3. The molecule has 7 nitrogen and oxygen atoms in total. The Morgan fingerprint density at radius 1 is 0.838 bits per heavy atom. The van der Waals surface area contributed by atoms with E-state index in [0.29, 0.717) is 38.2 Å². The first-order valence-corrected chi connectivity index (χ1v) is 12.4. The first kappa shape index (κ1) is 23.0. The van der Waals surface area contributed by atoms with Crippen LogP contribution in [0.5, 0.6) is 0 Å². The molecule has 0 radical (unpaired) electrons. The number of amides is 1. The molecule has 5 aromatic rings. The molecule has 1 saturated heterocycles. The number of anilines is 1. The summed E-state index contributed by atoms with van der Waals surface area (Å²) in [6.45, 7) is 2.78. The van der Waals surface area contributed by atoms with Crippen LogP contribution >= 0.6 is 0 Å². The van der Waals surface area contributed by atoms with Gasteiger partial charge in [-0.1, -0.05) is 48.5 Å². The van der Waals surface area contributed by atoms with E-state index in [4.69, 9.17) is 0 Å². The van der Waals surface area contributed by atoms with E-state index in [0.717, 1.165) is 27.5 Å². The number of piperazine rings is 1. The molecule has 0 spiro atoms. The van der Waals surface area contributed by atoms with Gasteiger partial charge in [0.15, 0.2) is 0 Å². The molecular weight excluding hydrogens is 469 g/mol. The third-order valence-electron chi connectivity index (χ3n) is 7.07. The fraction of sp³-hybridized carbons (Fsp3) is 0.207. The maximum absolute atomic E-state index is 13.7. The lowest BCUT2D eigenvalue weighted by Crippen LogP contribution is -2.50. The second-order valence-electron chi connectivity index (χ2n) is 9.30. The number of aromatic nitrogens is 3. The molecule has 1 aliphatic rings. The van der Waals surface area contributed by atoms with E-state index in [2.05, 4.69) is 10.00 Å². The van der Waals surface area contributed by atoms with Gasteiger partial charge in [0.2, 0.25) is 5.91 Å². The van der Waals surface area contributed by atoms with E-state index in [1.54, 1.807) is 23.2 Å². The highest BCUT2D eigenvalue weighted by Crippen LogP contribution is 2.27. The molecule has 0 N–H and O–H groups in total. The lowest BCUT2D eigenvalue weighted by atomic mass is 10.2. The lowest BCUT2D eigenvalue weighted by Gasteiger charge is -2.36. The van der Waals surface area contributed by atoms with Crippen LogP contribution in [0, 0.1) is 5.82 Å². The lowest BCUT2D eigenvalue weighted by molar-refractivity contribution is -0.132. The minimum atomic E-state index is -0.275. The van der Waals surface area contributed by atoms with Crippen LogP contribution in [0.2, 0.25) is 0 Å². The Hall–Kier alpha value is -4.46. The van der Waals surface area contributed by atoms with Crippen molar-refractivity contribution in [2.75, 3.05) is 31.1 Å². The Balaban J connectivity index is 1.26. The summed E-state index contributed by atoms with van der Waals surface area (Å²) in [7, 11) is 0. The Kier molecular flexibility index (Phi) is 5.92. The first-order chi connectivity index (χ1) is 18.1. The van der Waals surface area contributed by atoms with E-state index >= 15 is 0 Å². The monoisotopic (exact) mass is 495 g/mol. The number of hydrogen-bond acceptors (Lipinski definition) is 4. The topological polar surface area (TPSA) is 63.4 Å². The molecule has 3 aromatic carbocycles. The van der Waals surface area contributed by atoms with Crippen molar-refractivity contribution in [3.63, 3.8) is 0 Å². The number of carbonyl (C=O) groups excluding carboxylic acids is 1. The molecule has 1 fully saturated rings. The van der Waals surface area contributed by atoms with Gasteiger partial charge in [-0.2, -0.15) is 5.10 Å². The Morgan fingerprint density at radius 3 is 2.30 bits per heavy atom. The smallest absolute Gasteiger partial charge is 0.291 e. The summed E-state index contributed by atoms with van der Waals surface area (Å²) < 4.78 is 16.5. The fourth-order valence-corrected chi connectivity index (χ4v) is 5.13. The third-order valence-corrected chi connectivity index (χ3v) is 7.07. The summed E-state index contributed by atoms with van der Waals surface area (Å²) in [5.74, 6) is -0.409. The summed E-state index contributed by atoms with van der Waals surface area (Å²) in [5.41, 5.74) is 3.25. The van der Waals surface area contributed by atoms with Crippen molar-refractivity contribution in [3.8, 4) is 0 Å². The molecule has 6 rings (SSSR count). The molecule has 37 heavy (non-hydrogen) atoms. The third kappa shape index (κ3) is 4.35. The summed E-state index contributed by atoms with van der Waals surface area (Å²) >= 11 is 0. The molecule has 0 aliphatic carbocycles. The van der Waals surface area contributed by atoms with Gasteiger partial charge < -0.3 is 14.4 Å². The molecule has 3 heterocycles. The molecular formula is C29H26FN5O2. The number of benzene rings is 3. The van der Waals surface area contributed by atoms with Crippen molar-refractivity contribution in [1.29, 1.82) is 0 Å². The number of rotatable bonds is 5. The molecule has 186 valence electrons. The molecule has 0 unspecified atom stereocenters. The van der Waals surface area contributed by atoms with Crippen molar-refractivity contribution in [3.05, 3.63) is 107 Å². The largest absolute Gasteiger partial charge is 0.368 e. The van der Waals surface area contributed by atoms with E-state index in [-0.39, 0.29) is 23.8 Å². The van der Waals surface area contributed by atoms with Crippen molar-refractivity contribution in [2.24, 2.45) is 0 Å². The van der Waals surface area contributed by atoms with Gasteiger partial charge in [-0.3, -0.25) is 9.59 Å². The number of hydrogen-bond donors (Lipinski definition) is 0. The molecule has 1 aliphatic heterocycles. The van der Waals surface area contributed by atoms with Crippen LogP contribution in [0.4, 0.5) is 10.1 Å². The fourth-order valence-electron chi connectivity index (χ4n) is 5.13. The van der Waals surface area contributed by atoms with Crippen molar-refractivity contribution >= 4 is 33.4 Å². The van der Waals surface area contributed by atoms with Crippen molar-refractivity contribution in [2.45, 2.75) is 13.1 Å². The molecule has 2 aromatic heterocycles. The minimum Gasteiger partial charge on any atom is -0.368 e. The zero-order chi connectivity index (χ0) is 25.4. The summed E-state index contributed by atoms with van der Waals surface area (Å²) in [6.07, 6.45) is 1.69. The Morgan fingerprint density at radius 2 is 1.54 bits per heavy atom. The predicted molar refractivity (Wildman–Crippen MR) is 142 cm³/mol. The summed E-state index contributed by atoms with van der Waals surface area (Å²) in [4.78, 5) is 30.7. The number of halogens is 1. The van der Waals surface area contributed by atoms with Crippen LogP contribution < -0.4 is 10.5 Å². The summed E-state index contributed by atoms with van der Waals surface area (Å²) in [6, 6.07) is 24.3. The van der Waals surface area contributed by atoms with E-state index < -0.39 is 0 Å². The number of carbonyl (C=O) groups is 1. The second-order valence-corrected chi connectivity index (χ2v) is 9.30. The number of para-hydroxylation sites is 1. The standard InChI is InChI=1S/C29H26FN5O2/c30-22-10-12-23(13-11-22)32-14-16-33(17-15-32)27(36)20-35-29(37)28-25(18-31-35)24-8-4-5-9-26(24)34(28)19-21-6-2-1-3-7-21/h1-13,18H,14-17,19-20H2. The van der Waals surface area contributed by atoms with Crippen LogP contribution in [0.25, 0.3) is 21.8 Å². The molecule has 0 bridgehead atoms.